The van der Waals surface area contributed by atoms with E-state index in [2.05, 4.69) is 10.6 Å². The summed E-state index contributed by atoms with van der Waals surface area (Å²) >= 11 is 0. The molecule has 0 saturated carbocycles. The van der Waals surface area contributed by atoms with Crippen molar-refractivity contribution in [3.05, 3.63) is 54.1 Å². The maximum Gasteiger partial charge on any atom is 0.251 e. The summed E-state index contributed by atoms with van der Waals surface area (Å²) in [7, 11) is 1.61. The van der Waals surface area contributed by atoms with E-state index in [1.54, 1.807) is 13.1 Å². The first-order valence-corrected chi connectivity index (χ1v) is 7.09. The van der Waals surface area contributed by atoms with E-state index in [0.717, 1.165) is 16.8 Å². The van der Waals surface area contributed by atoms with Crippen LogP contribution in [0.4, 0.5) is 5.69 Å². The summed E-state index contributed by atoms with van der Waals surface area (Å²) in [5, 5.41) is 23.7. The minimum absolute atomic E-state index is 0.113. The second kappa shape index (κ2) is 7.59. The molecule has 1 atom stereocenters. The van der Waals surface area contributed by atoms with E-state index in [1.807, 2.05) is 42.5 Å². The summed E-state index contributed by atoms with van der Waals surface area (Å²) < 4.78 is 0. The fraction of sp³-hybridized carbons (Fsp3) is 0.235. The molecule has 0 aliphatic carbocycles. The van der Waals surface area contributed by atoms with Gasteiger partial charge in [-0.15, -0.1) is 0 Å². The summed E-state index contributed by atoms with van der Waals surface area (Å²) in [4.78, 5) is 11.7. The third-order valence-electron chi connectivity index (χ3n) is 3.32. The first-order chi connectivity index (χ1) is 10.6. The minimum atomic E-state index is -0.774. The molecule has 0 heterocycles. The molecule has 2 aromatic carbocycles. The largest absolute Gasteiger partial charge is 0.394 e. The number of hydrogen-bond acceptors (Lipinski definition) is 4. The van der Waals surface area contributed by atoms with Crippen LogP contribution in [0.3, 0.4) is 0 Å². The second-order valence-corrected chi connectivity index (χ2v) is 4.95. The lowest BCUT2D eigenvalue weighted by molar-refractivity contribution is 0.0963. The van der Waals surface area contributed by atoms with Crippen LogP contribution in [-0.2, 0) is 0 Å². The van der Waals surface area contributed by atoms with Crippen molar-refractivity contribution in [2.24, 2.45) is 0 Å². The van der Waals surface area contributed by atoms with E-state index < -0.39 is 6.10 Å². The molecular formula is C17H20N2O3. The molecule has 22 heavy (non-hydrogen) atoms. The minimum Gasteiger partial charge on any atom is -0.394 e. The Morgan fingerprint density at radius 1 is 1.14 bits per heavy atom. The zero-order valence-corrected chi connectivity index (χ0v) is 12.4. The molecule has 2 rings (SSSR count). The monoisotopic (exact) mass is 300 g/mol. The SMILES string of the molecule is CNC(=O)c1cccc(-c2ccc(NCC(O)CO)cc2)c1. The van der Waals surface area contributed by atoms with Gasteiger partial charge < -0.3 is 20.8 Å². The number of rotatable bonds is 6. The lowest BCUT2D eigenvalue weighted by atomic mass is 10.0. The van der Waals surface area contributed by atoms with Gasteiger partial charge in [-0.1, -0.05) is 24.3 Å². The van der Waals surface area contributed by atoms with E-state index in [-0.39, 0.29) is 12.5 Å². The van der Waals surface area contributed by atoms with E-state index in [1.165, 1.54) is 0 Å². The number of aliphatic hydroxyl groups excluding tert-OH is 2. The molecule has 0 aromatic heterocycles. The van der Waals surface area contributed by atoms with Gasteiger partial charge in [0.05, 0.1) is 12.7 Å². The van der Waals surface area contributed by atoms with Crippen LogP contribution in [0, 0.1) is 0 Å². The molecule has 0 aliphatic rings. The third-order valence-corrected chi connectivity index (χ3v) is 3.32. The molecule has 1 unspecified atom stereocenters. The number of carbonyl (C=O) groups is 1. The zero-order valence-electron chi connectivity index (χ0n) is 12.4. The number of hydrogen-bond donors (Lipinski definition) is 4. The Balaban J connectivity index is 2.11. The van der Waals surface area contributed by atoms with Gasteiger partial charge in [0.15, 0.2) is 0 Å². The Bertz CT molecular complexity index is 626. The first kappa shape index (κ1) is 16.0. The summed E-state index contributed by atoms with van der Waals surface area (Å²) in [6, 6.07) is 15.1. The van der Waals surface area contributed by atoms with Crippen LogP contribution >= 0.6 is 0 Å². The molecular weight excluding hydrogens is 280 g/mol. The molecule has 116 valence electrons. The highest BCUT2D eigenvalue weighted by molar-refractivity contribution is 5.95. The van der Waals surface area contributed by atoms with Crippen molar-refractivity contribution >= 4 is 11.6 Å². The molecule has 0 spiro atoms. The molecule has 1 amide bonds. The highest BCUT2D eigenvalue weighted by atomic mass is 16.3. The number of amides is 1. The van der Waals surface area contributed by atoms with Crippen LogP contribution in [0.1, 0.15) is 10.4 Å². The van der Waals surface area contributed by atoms with Gasteiger partial charge in [0.25, 0.3) is 5.91 Å². The van der Waals surface area contributed by atoms with Gasteiger partial charge in [-0.3, -0.25) is 4.79 Å². The number of benzene rings is 2. The van der Waals surface area contributed by atoms with Crippen molar-refractivity contribution in [2.45, 2.75) is 6.10 Å². The van der Waals surface area contributed by atoms with Crippen LogP contribution in [0.5, 0.6) is 0 Å². The number of nitrogens with one attached hydrogen (secondary N) is 2. The molecule has 0 fully saturated rings. The standard InChI is InChI=1S/C17H20N2O3/c1-18-17(22)14-4-2-3-13(9-14)12-5-7-15(8-6-12)19-10-16(21)11-20/h2-9,16,19-21H,10-11H2,1H3,(H,18,22). The Hall–Kier alpha value is -2.37. The zero-order chi connectivity index (χ0) is 15.9. The van der Waals surface area contributed by atoms with Gasteiger partial charge in [-0.2, -0.15) is 0 Å². The highest BCUT2D eigenvalue weighted by Crippen LogP contribution is 2.22. The summed E-state index contributed by atoms with van der Waals surface area (Å²) in [5.41, 5.74) is 3.44. The highest BCUT2D eigenvalue weighted by Gasteiger charge is 2.05. The fourth-order valence-electron chi connectivity index (χ4n) is 2.07. The molecule has 0 aliphatic heterocycles. The molecule has 2 aromatic rings. The predicted molar refractivity (Wildman–Crippen MR) is 86.9 cm³/mol. The molecule has 4 N–H and O–H groups in total. The van der Waals surface area contributed by atoms with Crippen LogP contribution in [0.25, 0.3) is 11.1 Å². The maximum absolute atomic E-state index is 11.7. The van der Waals surface area contributed by atoms with E-state index in [0.29, 0.717) is 12.1 Å². The van der Waals surface area contributed by atoms with Crippen LogP contribution < -0.4 is 10.6 Å². The molecule has 0 radical (unpaired) electrons. The average molecular weight is 300 g/mol. The molecule has 5 heteroatoms. The van der Waals surface area contributed by atoms with Gasteiger partial charge >= 0.3 is 0 Å². The van der Waals surface area contributed by atoms with Gasteiger partial charge in [0.2, 0.25) is 0 Å². The summed E-state index contributed by atoms with van der Waals surface area (Å²) in [6.07, 6.45) is -0.774. The van der Waals surface area contributed by atoms with Crippen molar-refractivity contribution in [3.63, 3.8) is 0 Å². The second-order valence-electron chi connectivity index (χ2n) is 4.95. The maximum atomic E-state index is 11.7. The molecule has 5 nitrogen and oxygen atoms in total. The van der Waals surface area contributed by atoms with Crippen LogP contribution in [0.15, 0.2) is 48.5 Å². The van der Waals surface area contributed by atoms with Crippen molar-refractivity contribution in [1.29, 1.82) is 0 Å². The Morgan fingerprint density at radius 2 is 1.86 bits per heavy atom. The topological polar surface area (TPSA) is 81.6 Å². The van der Waals surface area contributed by atoms with Gasteiger partial charge in [0.1, 0.15) is 0 Å². The third kappa shape index (κ3) is 4.07. The van der Waals surface area contributed by atoms with Crippen LogP contribution in [-0.4, -0.2) is 42.4 Å². The first-order valence-electron chi connectivity index (χ1n) is 7.09. The van der Waals surface area contributed by atoms with E-state index in [4.69, 9.17) is 5.11 Å². The Labute approximate surface area is 129 Å². The lowest BCUT2D eigenvalue weighted by Gasteiger charge is -2.11. The fourth-order valence-corrected chi connectivity index (χ4v) is 2.07. The van der Waals surface area contributed by atoms with Crippen LogP contribution in [0.2, 0.25) is 0 Å². The summed E-state index contributed by atoms with van der Waals surface area (Å²) in [5.74, 6) is -0.113. The van der Waals surface area contributed by atoms with Gasteiger partial charge in [-0.25, -0.2) is 0 Å². The Morgan fingerprint density at radius 3 is 2.50 bits per heavy atom. The van der Waals surface area contributed by atoms with Crippen molar-refractivity contribution in [3.8, 4) is 11.1 Å². The van der Waals surface area contributed by atoms with Gasteiger partial charge in [-0.05, 0) is 35.4 Å². The number of aliphatic hydroxyl groups is 2. The smallest absolute Gasteiger partial charge is 0.251 e. The van der Waals surface area contributed by atoms with E-state index in [9.17, 15) is 9.90 Å². The summed E-state index contributed by atoms with van der Waals surface area (Å²) in [6.45, 7) is 0.0272. The normalized spacial score (nSPS) is 11.8. The Kier molecular flexibility index (Phi) is 5.52. The van der Waals surface area contributed by atoms with Gasteiger partial charge in [0, 0.05) is 24.8 Å². The molecule has 0 saturated heterocycles. The average Bonchev–Trinajstić information content (AvgIpc) is 2.59. The molecule has 0 bridgehead atoms. The number of anilines is 1. The quantitative estimate of drug-likeness (QED) is 0.651. The van der Waals surface area contributed by atoms with E-state index >= 15 is 0 Å². The predicted octanol–water partition coefficient (Wildman–Crippen LogP) is 1.48. The van der Waals surface area contributed by atoms with Crippen molar-refractivity contribution in [1.82, 2.24) is 5.32 Å². The number of carbonyl (C=O) groups excluding carboxylic acids is 1. The van der Waals surface area contributed by atoms with Crippen molar-refractivity contribution < 1.29 is 15.0 Å². The van der Waals surface area contributed by atoms with Crippen molar-refractivity contribution in [2.75, 3.05) is 25.5 Å². The lowest BCUT2D eigenvalue weighted by Crippen LogP contribution is -2.22.